The second kappa shape index (κ2) is 21.1. The minimum absolute atomic E-state index is 0.0218. The van der Waals surface area contributed by atoms with Crippen LogP contribution in [0.4, 0.5) is 0 Å². The molecular formula is C60H63N3O7. The number of benzene rings is 6. The van der Waals surface area contributed by atoms with Gasteiger partial charge in [-0.2, -0.15) is 5.26 Å². The highest BCUT2D eigenvalue weighted by Gasteiger charge is 2.65. The van der Waals surface area contributed by atoms with Gasteiger partial charge in [0, 0.05) is 43.2 Å². The molecule has 1 amide bonds. The summed E-state index contributed by atoms with van der Waals surface area (Å²) in [5, 5.41) is 39.3. The van der Waals surface area contributed by atoms with Crippen LogP contribution in [0, 0.1) is 29.1 Å². The Balaban J connectivity index is 1.28. The van der Waals surface area contributed by atoms with E-state index in [9.17, 15) is 15.5 Å². The minimum atomic E-state index is -1.49. The number of oxime groups is 1. The fourth-order valence-corrected chi connectivity index (χ4v) is 11.1. The first-order valence-corrected chi connectivity index (χ1v) is 24.7. The normalized spacial score (nSPS) is 22.0. The van der Waals surface area contributed by atoms with Crippen LogP contribution in [0.5, 0.6) is 17.2 Å². The Labute approximate surface area is 411 Å². The number of carbonyl (C=O) groups excluding carboxylic acids is 1. The number of carbonyl (C=O) groups is 1. The second-order valence-electron chi connectivity index (χ2n) is 19.8. The molecule has 3 aliphatic rings. The summed E-state index contributed by atoms with van der Waals surface area (Å²) in [6, 6.07) is 42.9. The number of amides is 1. The fraction of sp³-hybridized carbons (Fsp3) is 0.350. The van der Waals surface area contributed by atoms with Crippen molar-refractivity contribution >= 4 is 33.2 Å². The van der Waals surface area contributed by atoms with Crippen molar-refractivity contribution in [2.75, 3.05) is 19.8 Å². The van der Waals surface area contributed by atoms with Gasteiger partial charge in [0.2, 0.25) is 5.79 Å². The molecule has 6 aromatic carbocycles. The van der Waals surface area contributed by atoms with Crippen molar-refractivity contribution in [3.05, 3.63) is 174 Å². The van der Waals surface area contributed by atoms with E-state index in [0.717, 1.165) is 63.9 Å². The predicted molar refractivity (Wildman–Crippen MR) is 275 cm³/mol. The molecular weight excluding hydrogens is 875 g/mol. The Morgan fingerprint density at radius 2 is 1.56 bits per heavy atom. The predicted octanol–water partition coefficient (Wildman–Crippen LogP) is 12.4. The summed E-state index contributed by atoms with van der Waals surface area (Å²) in [6.07, 6.45) is 8.85. The standard InChI is InChI=1S/C60H63N3O7/c1-5-33-67-60-55(63(58(66)43-25-23-40(38-61)24-26-43)39-46-20-14-19-42-16-8-9-21-49(42)46)37-53(62-70-59(2,3)4)51-35-45(18-10-12-31-64)50(22-11-13-32-65)56(57(51)60)52-36-48(29-30-54(52)69-60)68-47-28-27-41-15-6-7-17-44(41)34-47/h5-9,14-17,19-21,23-30,34-36,45,50,55-57,64-65H,1,10-13,18,22,31-33,37,39H2,2-4H3. The Hall–Kier alpha value is -6.77. The number of hydrogen-bond acceptors (Lipinski definition) is 9. The topological polar surface area (TPSA) is 134 Å². The van der Waals surface area contributed by atoms with E-state index >= 15 is 4.79 Å². The van der Waals surface area contributed by atoms with E-state index in [1.165, 1.54) is 0 Å². The molecule has 2 N–H and O–H groups in total. The molecule has 1 fully saturated rings. The van der Waals surface area contributed by atoms with E-state index in [0.29, 0.717) is 46.9 Å². The maximum absolute atomic E-state index is 15.7. The van der Waals surface area contributed by atoms with Gasteiger partial charge in [-0.3, -0.25) is 4.79 Å². The van der Waals surface area contributed by atoms with Crippen LogP contribution >= 0.6 is 0 Å². The van der Waals surface area contributed by atoms with Crippen LogP contribution < -0.4 is 9.47 Å². The molecule has 0 bridgehead atoms. The number of ether oxygens (including phenoxy) is 3. The van der Waals surface area contributed by atoms with E-state index in [4.69, 9.17) is 24.2 Å². The third-order valence-corrected chi connectivity index (χ3v) is 14.1. The van der Waals surface area contributed by atoms with Gasteiger partial charge in [-0.1, -0.05) is 103 Å². The van der Waals surface area contributed by atoms with Gasteiger partial charge in [0.05, 0.1) is 29.9 Å². The lowest BCUT2D eigenvalue weighted by atomic mass is 9.55. The summed E-state index contributed by atoms with van der Waals surface area (Å²) in [4.78, 5) is 24.0. The van der Waals surface area contributed by atoms with Crippen molar-refractivity contribution in [1.82, 2.24) is 4.90 Å². The van der Waals surface area contributed by atoms with E-state index in [1.807, 2.05) is 74.2 Å². The zero-order valence-electron chi connectivity index (χ0n) is 40.4. The van der Waals surface area contributed by atoms with E-state index < -0.39 is 23.3 Å². The van der Waals surface area contributed by atoms with Crippen LogP contribution in [0.2, 0.25) is 0 Å². The number of rotatable bonds is 18. The summed E-state index contributed by atoms with van der Waals surface area (Å²) in [5.74, 6) is -0.441. The molecule has 70 heavy (non-hydrogen) atoms. The van der Waals surface area contributed by atoms with Gasteiger partial charge in [-0.25, -0.2) is 0 Å². The highest BCUT2D eigenvalue weighted by atomic mass is 16.7. The third-order valence-electron chi connectivity index (χ3n) is 14.1. The molecule has 0 spiro atoms. The molecule has 0 aromatic heterocycles. The van der Waals surface area contributed by atoms with Crippen molar-refractivity contribution in [2.24, 2.45) is 22.9 Å². The van der Waals surface area contributed by atoms with Gasteiger partial charge in [-0.05, 0) is 146 Å². The lowest BCUT2D eigenvalue weighted by molar-refractivity contribution is -0.255. The molecule has 1 heterocycles. The maximum atomic E-state index is 15.7. The molecule has 6 unspecified atom stereocenters. The van der Waals surface area contributed by atoms with Crippen LogP contribution in [0.3, 0.4) is 0 Å². The van der Waals surface area contributed by atoms with Gasteiger partial charge in [0.15, 0.2) is 0 Å². The highest BCUT2D eigenvalue weighted by Crippen LogP contribution is 2.62. The first-order chi connectivity index (χ1) is 34.0. The average Bonchev–Trinajstić information content (AvgIpc) is 3.37. The molecule has 6 atom stereocenters. The minimum Gasteiger partial charge on any atom is -0.459 e. The first kappa shape index (κ1) is 48.3. The first-order valence-electron chi connectivity index (χ1n) is 24.7. The summed E-state index contributed by atoms with van der Waals surface area (Å²) < 4.78 is 21.6. The Bertz CT molecular complexity index is 2940. The lowest BCUT2D eigenvalue weighted by Gasteiger charge is -2.60. The molecule has 6 aromatic rings. The van der Waals surface area contributed by atoms with E-state index in [-0.39, 0.29) is 56.4 Å². The van der Waals surface area contributed by atoms with Gasteiger partial charge in [0.1, 0.15) is 28.9 Å². The second-order valence-corrected chi connectivity index (χ2v) is 19.8. The monoisotopic (exact) mass is 937 g/mol. The fourth-order valence-electron chi connectivity index (χ4n) is 11.1. The van der Waals surface area contributed by atoms with Gasteiger partial charge >= 0.3 is 0 Å². The van der Waals surface area contributed by atoms with Crippen LogP contribution in [0.15, 0.2) is 157 Å². The number of allylic oxidation sites excluding steroid dienone is 1. The van der Waals surface area contributed by atoms with Crippen LogP contribution in [-0.2, 0) is 16.1 Å². The summed E-state index contributed by atoms with van der Waals surface area (Å²) >= 11 is 0. The molecule has 0 saturated heterocycles. The summed E-state index contributed by atoms with van der Waals surface area (Å²) in [5.41, 5.74) is 3.80. The molecule has 1 aliphatic heterocycles. The van der Waals surface area contributed by atoms with Crippen LogP contribution in [-0.4, -0.2) is 64.0 Å². The molecule has 0 radical (unpaired) electrons. The third kappa shape index (κ3) is 9.97. The zero-order chi connectivity index (χ0) is 48.8. The Morgan fingerprint density at radius 1 is 0.857 bits per heavy atom. The molecule has 360 valence electrons. The van der Waals surface area contributed by atoms with Crippen molar-refractivity contribution < 1.29 is 34.1 Å². The number of unbranched alkanes of at least 4 members (excludes halogenated alkanes) is 2. The van der Waals surface area contributed by atoms with Crippen molar-refractivity contribution in [2.45, 2.75) is 95.6 Å². The molecule has 10 heteroatoms. The molecule has 10 nitrogen and oxygen atoms in total. The SMILES string of the molecule is C=CCOC12Oc3ccc(Oc4ccc5ccccc5c4)cc3C3C(CCCCO)C(CCCCO)C=C(C(=NOC(C)(C)C)CC1N(Cc1cccc4ccccc14)C(=O)c1ccc(C#N)cc1)C32. The zero-order valence-corrected chi connectivity index (χ0v) is 40.4. The number of aliphatic hydroxyl groups is 2. The van der Waals surface area contributed by atoms with Crippen molar-refractivity contribution in [1.29, 1.82) is 5.26 Å². The van der Waals surface area contributed by atoms with E-state index in [1.54, 1.807) is 30.3 Å². The van der Waals surface area contributed by atoms with Crippen molar-refractivity contribution in [3.63, 3.8) is 0 Å². The largest absolute Gasteiger partial charge is 0.459 e. The Morgan fingerprint density at radius 3 is 2.30 bits per heavy atom. The molecule has 9 rings (SSSR count). The van der Waals surface area contributed by atoms with Gasteiger partial charge in [-0.15, -0.1) is 6.58 Å². The smallest absolute Gasteiger partial charge is 0.254 e. The summed E-state index contributed by atoms with van der Waals surface area (Å²) in [7, 11) is 0. The molecule has 2 aliphatic carbocycles. The Kier molecular flexibility index (Phi) is 14.5. The van der Waals surface area contributed by atoms with Crippen LogP contribution in [0.1, 0.15) is 98.7 Å². The number of fused-ring (bicyclic) bond motifs is 4. The average molecular weight is 938 g/mol. The van der Waals surface area contributed by atoms with Crippen LogP contribution in [0.25, 0.3) is 21.5 Å². The number of nitrogens with zero attached hydrogens (tertiary/aromatic N) is 3. The number of nitriles is 1. The highest BCUT2D eigenvalue weighted by molar-refractivity contribution is 6.03. The molecule has 1 saturated carbocycles. The van der Waals surface area contributed by atoms with Crippen molar-refractivity contribution in [3.8, 4) is 23.3 Å². The van der Waals surface area contributed by atoms with Gasteiger partial charge < -0.3 is 34.2 Å². The quantitative estimate of drug-likeness (QED) is 0.0494. The number of hydrogen-bond donors (Lipinski definition) is 2. The number of aliphatic hydroxyl groups excluding tert-OH is 2. The lowest BCUT2D eigenvalue weighted by Crippen LogP contribution is -2.70. The maximum Gasteiger partial charge on any atom is 0.254 e. The summed E-state index contributed by atoms with van der Waals surface area (Å²) in [6.45, 7) is 10.5. The van der Waals surface area contributed by atoms with E-state index in [2.05, 4.69) is 73.3 Å². The van der Waals surface area contributed by atoms with Gasteiger partial charge in [0.25, 0.3) is 5.91 Å².